The number of ether oxygens (including phenoxy) is 1. The van der Waals surface area contributed by atoms with E-state index in [2.05, 4.69) is 20.1 Å². The number of nitrogens with zero attached hydrogens (tertiary/aromatic N) is 4. The zero-order chi connectivity index (χ0) is 10.6. The van der Waals surface area contributed by atoms with Crippen molar-refractivity contribution in [2.75, 3.05) is 0 Å². The maximum absolute atomic E-state index is 10.7. The predicted octanol–water partition coefficient (Wildman–Crippen LogP) is -2.41. The van der Waals surface area contributed by atoms with Crippen molar-refractivity contribution in [1.29, 1.82) is 0 Å². The van der Waals surface area contributed by atoms with Gasteiger partial charge in [0.2, 0.25) is 0 Å². The van der Waals surface area contributed by atoms with Gasteiger partial charge >= 0.3 is 12.0 Å². The zero-order valence-electron chi connectivity index (χ0n) is 7.30. The maximum atomic E-state index is 10.7. The third-order valence-corrected chi connectivity index (χ3v) is 1.12. The van der Waals surface area contributed by atoms with Crippen molar-refractivity contribution in [2.45, 2.75) is 13.5 Å². The Morgan fingerprint density at radius 3 is 2.93 bits per heavy atom. The van der Waals surface area contributed by atoms with E-state index in [1.807, 2.05) is 5.43 Å². The van der Waals surface area contributed by atoms with Crippen LogP contribution < -0.4 is 16.0 Å². The Balaban J connectivity index is 2.59. The van der Waals surface area contributed by atoms with Crippen molar-refractivity contribution in [3.63, 3.8) is 0 Å². The highest BCUT2D eigenvalue weighted by Crippen LogP contribution is 1.96. The number of hydrazine groups is 1. The van der Waals surface area contributed by atoms with Gasteiger partial charge in [0, 0.05) is 6.92 Å². The summed E-state index contributed by atoms with van der Waals surface area (Å²) in [5.41, 5.74) is 1.89. The Morgan fingerprint density at radius 2 is 2.36 bits per heavy atom. The van der Waals surface area contributed by atoms with Gasteiger partial charge in [0.25, 0.3) is 5.91 Å². The first-order valence-electron chi connectivity index (χ1n) is 3.57. The van der Waals surface area contributed by atoms with Crippen LogP contribution in [0.1, 0.15) is 6.92 Å². The molecule has 1 rings (SSSR count). The van der Waals surface area contributed by atoms with Crippen LogP contribution >= 0.6 is 0 Å². The molecule has 1 aromatic heterocycles. The molecule has 0 aliphatic carbocycles. The van der Waals surface area contributed by atoms with E-state index in [9.17, 15) is 9.59 Å². The number of aromatic nitrogens is 4. The Bertz CT molecular complexity index is 347. The summed E-state index contributed by atoms with van der Waals surface area (Å²) in [6.07, 6.45) is 0. The van der Waals surface area contributed by atoms with E-state index >= 15 is 0 Å². The number of tetrazole rings is 1. The van der Waals surface area contributed by atoms with Crippen LogP contribution in [0.25, 0.3) is 0 Å². The van der Waals surface area contributed by atoms with E-state index in [-0.39, 0.29) is 12.6 Å². The summed E-state index contributed by atoms with van der Waals surface area (Å²) in [5, 5.41) is 10.4. The molecule has 0 saturated heterocycles. The van der Waals surface area contributed by atoms with Crippen LogP contribution in [0.3, 0.4) is 0 Å². The van der Waals surface area contributed by atoms with Crippen molar-refractivity contribution < 1.29 is 14.3 Å². The fraction of sp³-hybridized carbons (Fsp3) is 0.400. The van der Waals surface area contributed by atoms with E-state index in [0.29, 0.717) is 0 Å². The number of nitrogens with two attached hydrogens (primary N) is 1. The highest BCUT2D eigenvalue weighted by Gasteiger charge is 2.08. The molecular formula is C5H8N6O3. The molecule has 1 aromatic rings. The largest absolute Gasteiger partial charge is 0.389 e. The van der Waals surface area contributed by atoms with Gasteiger partial charge in [-0.15, -0.1) is 0 Å². The fourth-order valence-corrected chi connectivity index (χ4v) is 0.639. The number of amides is 1. The molecule has 14 heavy (non-hydrogen) atoms. The van der Waals surface area contributed by atoms with Crippen molar-refractivity contribution in [3.05, 3.63) is 0 Å². The molecule has 0 aromatic carbocycles. The third kappa shape index (κ3) is 2.79. The number of hydrogen-bond donors (Lipinski definition) is 2. The van der Waals surface area contributed by atoms with Crippen LogP contribution in [-0.4, -0.2) is 32.1 Å². The average Bonchev–Trinajstić information content (AvgIpc) is 2.51. The van der Waals surface area contributed by atoms with Gasteiger partial charge in [-0.3, -0.25) is 15.0 Å². The van der Waals surface area contributed by atoms with Gasteiger partial charge < -0.3 is 4.74 Å². The first-order chi connectivity index (χ1) is 6.61. The van der Waals surface area contributed by atoms with E-state index in [1.54, 1.807) is 0 Å². The van der Waals surface area contributed by atoms with Crippen LogP contribution in [0.5, 0.6) is 6.01 Å². The van der Waals surface area contributed by atoms with E-state index in [1.165, 1.54) is 6.92 Å². The standard InChI is InChI=1S/C5H8N6O3/c1-3(12)14-5-8-10-11(9-5)2-4(13)7-6/h2,6H2,1H3,(H,7,13). The fourth-order valence-electron chi connectivity index (χ4n) is 0.639. The first-order valence-corrected chi connectivity index (χ1v) is 3.57. The van der Waals surface area contributed by atoms with E-state index in [0.717, 1.165) is 4.80 Å². The Morgan fingerprint density at radius 1 is 1.64 bits per heavy atom. The van der Waals surface area contributed by atoms with Crippen LogP contribution in [0.2, 0.25) is 0 Å². The summed E-state index contributed by atoms with van der Waals surface area (Å²) in [4.78, 5) is 22.1. The van der Waals surface area contributed by atoms with Crippen molar-refractivity contribution in [3.8, 4) is 6.01 Å². The number of hydrogen-bond acceptors (Lipinski definition) is 7. The minimum absolute atomic E-state index is 0.190. The Kier molecular flexibility index (Phi) is 3.07. The number of carbonyl (C=O) groups is 2. The van der Waals surface area contributed by atoms with Crippen molar-refractivity contribution in [2.24, 2.45) is 5.84 Å². The molecule has 0 aliphatic heterocycles. The molecule has 1 amide bonds. The molecule has 9 heteroatoms. The lowest BCUT2D eigenvalue weighted by Gasteiger charge is -1.95. The molecule has 0 radical (unpaired) electrons. The molecule has 76 valence electrons. The van der Waals surface area contributed by atoms with Crippen LogP contribution in [0.4, 0.5) is 0 Å². The molecule has 9 nitrogen and oxygen atoms in total. The summed E-state index contributed by atoms with van der Waals surface area (Å²) >= 11 is 0. The van der Waals surface area contributed by atoms with Gasteiger partial charge in [-0.25, -0.2) is 5.84 Å². The lowest BCUT2D eigenvalue weighted by atomic mass is 10.6. The van der Waals surface area contributed by atoms with Crippen molar-refractivity contribution in [1.82, 2.24) is 25.6 Å². The summed E-state index contributed by atoms with van der Waals surface area (Å²) in [7, 11) is 0. The number of esters is 1. The second-order valence-corrected chi connectivity index (χ2v) is 2.26. The molecule has 1 heterocycles. The Labute approximate surface area is 78.2 Å². The zero-order valence-corrected chi connectivity index (χ0v) is 7.30. The smallest absolute Gasteiger partial charge is 0.363 e. The summed E-state index contributed by atoms with van der Waals surface area (Å²) in [6, 6.07) is -0.206. The molecular weight excluding hydrogens is 192 g/mol. The molecule has 0 spiro atoms. The normalized spacial score (nSPS) is 9.57. The van der Waals surface area contributed by atoms with Gasteiger partial charge in [0.1, 0.15) is 6.54 Å². The molecule has 0 aliphatic rings. The van der Waals surface area contributed by atoms with Crippen LogP contribution in [0, 0.1) is 0 Å². The number of carbonyl (C=O) groups excluding carboxylic acids is 2. The van der Waals surface area contributed by atoms with Gasteiger partial charge in [-0.05, 0) is 5.21 Å². The molecule has 0 fully saturated rings. The summed E-state index contributed by atoms with van der Waals surface area (Å²) < 4.78 is 4.50. The second kappa shape index (κ2) is 4.28. The number of rotatable bonds is 3. The van der Waals surface area contributed by atoms with Gasteiger partial charge in [0.05, 0.1) is 0 Å². The monoisotopic (exact) mass is 200 g/mol. The molecule has 0 saturated carbocycles. The SMILES string of the molecule is CC(=O)Oc1nnn(CC(=O)NN)n1. The second-order valence-electron chi connectivity index (χ2n) is 2.26. The minimum Gasteiger partial charge on any atom is -0.389 e. The predicted molar refractivity (Wildman–Crippen MR) is 41.5 cm³/mol. The summed E-state index contributed by atoms with van der Waals surface area (Å²) in [6.45, 7) is 1.01. The average molecular weight is 200 g/mol. The minimum atomic E-state index is -0.562. The van der Waals surface area contributed by atoms with Gasteiger partial charge in [0.15, 0.2) is 0 Å². The molecule has 0 bridgehead atoms. The van der Waals surface area contributed by atoms with Gasteiger partial charge in [-0.1, -0.05) is 10.2 Å². The summed E-state index contributed by atoms with van der Waals surface area (Å²) in [5.74, 6) is 3.78. The quantitative estimate of drug-likeness (QED) is 0.241. The van der Waals surface area contributed by atoms with Gasteiger partial charge in [-0.2, -0.15) is 4.80 Å². The first kappa shape index (κ1) is 10.1. The number of nitrogens with one attached hydrogen (secondary N) is 1. The topological polar surface area (TPSA) is 125 Å². The molecule has 0 unspecified atom stereocenters. The highest BCUT2D eigenvalue weighted by atomic mass is 16.6. The van der Waals surface area contributed by atoms with Crippen LogP contribution in [-0.2, 0) is 16.1 Å². The lowest BCUT2D eigenvalue weighted by molar-refractivity contribution is -0.132. The maximum Gasteiger partial charge on any atom is 0.363 e. The highest BCUT2D eigenvalue weighted by molar-refractivity contribution is 5.74. The van der Waals surface area contributed by atoms with Crippen molar-refractivity contribution >= 4 is 11.9 Å². The lowest BCUT2D eigenvalue weighted by Crippen LogP contribution is -2.33. The Hall–Kier alpha value is -2.03. The molecule has 3 N–H and O–H groups in total. The van der Waals surface area contributed by atoms with E-state index in [4.69, 9.17) is 5.84 Å². The van der Waals surface area contributed by atoms with Crippen LogP contribution in [0.15, 0.2) is 0 Å². The third-order valence-electron chi connectivity index (χ3n) is 1.12. The van der Waals surface area contributed by atoms with E-state index < -0.39 is 11.9 Å². The molecule has 0 atom stereocenters.